The Morgan fingerprint density at radius 2 is 2.11 bits per heavy atom. The van der Waals surface area contributed by atoms with Gasteiger partial charge in [-0.05, 0) is 26.0 Å². The minimum atomic E-state index is 0.0208. The molecule has 1 aromatic heterocycles. The van der Waals surface area contributed by atoms with Gasteiger partial charge in [-0.25, -0.2) is 4.98 Å². The van der Waals surface area contributed by atoms with E-state index in [2.05, 4.69) is 16.8 Å². The number of nitrogens with zero attached hydrogens (tertiary/aromatic N) is 2. The lowest BCUT2D eigenvalue weighted by atomic mass is 10.2. The Morgan fingerprint density at radius 1 is 1.37 bits per heavy atom. The molecule has 0 saturated carbocycles. The Morgan fingerprint density at radius 3 is 2.58 bits per heavy atom. The number of ether oxygens (including phenoxy) is 2. The summed E-state index contributed by atoms with van der Waals surface area (Å²) in [4.78, 5) is 17.7. The van der Waals surface area contributed by atoms with E-state index in [1.54, 1.807) is 26.5 Å². The third-order valence-corrected chi connectivity index (χ3v) is 2.92. The largest absolute Gasteiger partial charge is 0.383 e. The van der Waals surface area contributed by atoms with E-state index in [-0.39, 0.29) is 11.8 Å². The Bertz CT molecular complexity index is 392. The van der Waals surface area contributed by atoms with Crippen molar-refractivity contribution in [2.45, 2.75) is 19.9 Å². The number of hydrogen-bond donors (Lipinski definition) is 0. The lowest BCUT2D eigenvalue weighted by molar-refractivity contribution is 0.101. The van der Waals surface area contributed by atoms with Gasteiger partial charge in [0, 0.05) is 32.5 Å². The Balaban J connectivity index is 2.86. The highest BCUT2D eigenvalue weighted by atomic mass is 16.5. The highest BCUT2D eigenvalue weighted by Gasteiger charge is 2.15. The summed E-state index contributed by atoms with van der Waals surface area (Å²) in [5.41, 5.74) is 0.620. The molecule has 106 valence electrons. The molecule has 1 rings (SSSR count). The maximum Gasteiger partial charge on any atom is 0.161 e. The monoisotopic (exact) mass is 266 g/mol. The van der Waals surface area contributed by atoms with Crippen LogP contribution in [0.25, 0.3) is 0 Å². The minimum absolute atomic E-state index is 0.0208. The average Bonchev–Trinajstić information content (AvgIpc) is 2.40. The topological polar surface area (TPSA) is 51.7 Å². The molecule has 1 unspecified atom stereocenters. The summed E-state index contributed by atoms with van der Waals surface area (Å²) in [7, 11) is 3.35. The fraction of sp³-hybridized carbons (Fsp3) is 0.571. The molecule has 5 heteroatoms. The molecule has 0 N–H and O–H groups in total. The minimum Gasteiger partial charge on any atom is -0.383 e. The lowest BCUT2D eigenvalue weighted by Crippen LogP contribution is -2.39. The van der Waals surface area contributed by atoms with Crippen LogP contribution in [0.2, 0.25) is 0 Å². The second-order valence-electron chi connectivity index (χ2n) is 4.45. The Hall–Kier alpha value is -1.46. The predicted octanol–water partition coefficient (Wildman–Crippen LogP) is 1.77. The zero-order valence-corrected chi connectivity index (χ0v) is 12.0. The van der Waals surface area contributed by atoms with Crippen LogP contribution in [0.15, 0.2) is 18.3 Å². The summed E-state index contributed by atoms with van der Waals surface area (Å²) in [6.07, 6.45) is 1.61. The number of pyridine rings is 1. The molecule has 0 aliphatic carbocycles. The van der Waals surface area contributed by atoms with E-state index >= 15 is 0 Å². The van der Waals surface area contributed by atoms with Crippen LogP contribution < -0.4 is 4.90 Å². The summed E-state index contributed by atoms with van der Waals surface area (Å²) in [5.74, 6) is 0.846. The van der Waals surface area contributed by atoms with Crippen LogP contribution in [0, 0.1) is 0 Å². The fourth-order valence-electron chi connectivity index (χ4n) is 1.85. The molecule has 1 aromatic rings. The van der Waals surface area contributed by atoms with E-state index in [9.17, 15) is 4.79 Å². The van der Waals surface area contributed by atoms with Gasteiger partial charge in [-0.3, -0.25) is 4.79 Å². The maximum atomic E-state index is 11.2. The first-order valence-corrected chi connectivity index (χ1v) is 6.31. The van der Waals surface area contributed by atoms with Crippen LogP contribution in [-0.4, -0.2) is 50.8 Å². The number of aromatic nitrogens is 1. The molecular formula is C14H22N2O3. The third-order valence-electron chi connectivity index (χ3n) is 2.92. The number of carbonyl (C=O) groups is 1. The van der Waals surface area contributed by atoms with Gasteiger partial charge in [0.05, 0.1) is 19.3 Å². The van der Waals surface area contributed by atoms with Crippen molar-refractivity contribution < 1.29 is 14.3 Å². The number of methoxy groups -OCH3 is 2. The van der Waals surface area contributed by atoms with Crippen LogP contribution in [0.1, 0.15) is 24.2 Å². The van der Waals surface area contributed by atoms with Crippen molar-refractivity contribution in [3.05, 3.63) is 23.9 Å². The predicted molar refractivity (Wildman–Crippen MR) is 74.8 cm³/mol. The molecule has 0 spiro atoms. The first-order valence-electron chi connectivity index (χ1n) is 6.31. The SMILES string of the molecule is COCCN(c1ccc(C(C)=O)cn1)C(C)COC. The van der Waals surface area contributed by atoms with Gasteiger partial charge in [0.15, 0.2) is 5.78 Å². The van der Waals surface area contributed by atoms with Crippen LogP contribution in [-0.2, 0) is 9.47 Å². The summed E-state index contributed by atoms with van der Waals surface area (Å²) < 4.78 is 10.3. The number of Topliss-reactive ketones (excluding diaryl/α,β-unsaturated/α-hetero) is 1. The molecule has 0 radical (unpaired) electrons. The maximum absolute atomic E-state index is 11.2. The standard InChI is InChI=1S/C14H22N2O3/c1-11(10-19-4)16(7-8-18-3)14-6-5-13(9-15-14)12(2)17/h5-6,9,11H,7-8,10H2,1-4H3. The van der Waals surface area contributed by atoms with E-state index < -0.39 is 0 Å². The van der Waals surface area contributed by atoms with Crippen molar-refractivity contribution in [3.63, 3.8) is 0 Å². The van der Waals surface area contributed by atoms with Crippen molar-refractivity contribution in [1.29, 1.82) is 0 Å². The number of rotatable bonds is 8. The fourth-order valence-corrected chi connectivity index (χ4v) is 1.85. The molecule has 0 bridgehead atoms. The molecule has 19 heavy (non-hydrogen) atoms. The van der Waals surface area contributed by atoms with Gasteiger partial charge in [-0.15, -0.1) is 0 Å². The zero-order valence-electron chi connectivity index (χ0n) is 12.0. The van der Waals surface area contributed by atoms with Crippen molar-refractivity contribution >= 4 is 11.6 Å². The van der Waals surface area contributed by atoms with Gasteiger partial charge >= 0.3 is 0 Å². The molecule has 0 aliphatic rings. The van der Waals surface area contributed by atoms with E-state index in [0.717, 1.165) is 12.4 Å². The molecule has 0 aromatic carbocycles. The molecule has 0 amide bonds. The molecule has 0 saturated heterocycles. The van der Waals surface area contributed by atoms with Gasteiger partial charge in [-0.2, -0.15) is 0 Å². The lowest BCUT2D eigenvalue weighted by Gasteiger charge is -2.29. The quantitative estimate of drug-likeness (QED) is 0.671. The highest BCUT2D eigenvalue weighted by Crippen LogP contribution is 2.15. The second kappa shape index (κ2) is 7.86. The van der Waals surface area contributed by atoms with Crippen molar-refractivity contribution in [3.8, 4) is 0 Å². The van der Waals surface area contributed by atoms with Crippen molar-refractivity contribution in [2.75, 3.05) is 38.9 Å². The van der Waals surface area contributed by atoms with Crippen LogP contribution >= 0.6 is 0 Å². The molecule has 0 aliphatic heterocycles. The number of hydrogen-bond acceptors (Lipinski definition) is 5. The normalized spacial score (nSPS) is 12.2. The van der Waals surface area contributed by atoms with E-state index in [1.807, 2.05) is 6.07 Å². The van der Waals surface area contributed by atoms with Gasteiger partial charge in [0.1, 0.15) is 5.82 Å². The molecule has 0 fully saturated rings. The molecule has 1 atom stereocenters. The van der Waals surface area contributed by atoms with Gasteiger partial charge < -0.3 is 14.4 Å². The molecular weight excluding hydrogens is 244 g/mol. The van der Waals surface area contributed by atoms with Crippen LogP contribution in [0.4, 0.5) is 5.82 Å². The molecule has 5 nitrogen and oxygen atoms in total. The van der Waals surface area contributed by atoms with Crippen LogP contribution in [0.5, 0.6) is 0 Å². The Labute approximate surface area is 114 Å². The van der Waals surface area contributed by atoms with E-state index in [4.69, 9.17) is 9.47 Å². The summed E-state index contributed by atoms with van der Waals surface area (Å²) in [6, 6.07) is 3.85. The van der Waals surface area contributed by atoms with E-state index in [0.29, 0.717) is 18.8 Å². The van der Waals surface area contributed by atoms with Crippen molar-refractivity contribution in [1.82, 2.24) is 4.98 Å². The summed E-state index contributed by atoms with van der Waals surface area (Å²) >= 11 is 0. The number of carbonyl (C=O) groups excluding carboxylic acids is 1. The third kappa shape index (κ3) is 4.61. The summed E-state index contributed by atoms with van der Waals surface area (Å²) in [5, 5.41) is 0. The summed E-state index contributed by atoms with van der Waals surface area (Å²) in [6.45, 7) is 5.56. The first kappa shape index (κ1) is 15.6. The number of anilines is 1. The van der Waals surface area contributed by atoms with Gasteiger partial charge in [0.25, 0.3) is 0 Å². The van der Waals surface area contributed by atoms with Gasteiger partial charge in [-0.1, -0.05) is 0 Å². The van der Waals surface area contributed by atoms with Gasteiger partial charge in [0.2, 0.25) is 0 Å². The van der Waals surface area contributed by atoms with Crippen LogP contribution in [0.3, 0.4) is 0 Å². The number of ketones is 1. The second-order valence-corrected chi connectivity index (χ2v) is 4.45. The first-order chi connectivity index (χ1) is 9.10. The highest BCUT2D eigenvalue weighted by molar-refractivity contribution is 5.93. The molecule has 1 heterocycles. The Kier molecular flexibility index (Phi) is 6.45. The van der Waals surface area contributed by atoms with E-state index in [1.165, 1.54) is 6.92 Å². The zero-order chi connectivity index (χ0) is 14.3. The van der Waals surface area contributed by atoms with Crippen molar-refractivity contribution in [2.24, 2.45) is 0 Å². The average molecular weight is 266 g/mol. The smallest absolute Gasteiger partial charge is 0.161 e.